The van der Waals surface area contributed by atoms with Gasteiger partial charge in [-0.3, -0.25) is 33.6 Å². The number of carbonyl (C=O) groups is 8. The number of carbonyl (C=O) groups excluding carboxylic acids is 5. The van der Waals surface area contributed by atoms with Crippen LogP contribution in [0.2, 0.25) is 0 Å². The van der Waals surface area contributed by atoms with Crippen LogP contribution < -0.4 is 32.3 Å². The summed E-state index contributed by atoms with van der Waals surface area (Å²) in [7, 11) is 0. The molecule has 0 unspecified atom stereocenters. The van der Waals surface area contributed by atoms with Gasteiger partial charge in [-0.2, -0.15) is 12.6 Å². The van der Waals surface area contributed by atoms with Crippen molar-refractivity contribution >= 4 is 60.1 Å². The zero-order valence-electron chi connectivity index (χ0n) is 23.7. The van der Waals surface area contributed by atoms with Crippen LogP contribution in [-0.2, 0) is 38.4 Å². The van der Waals surface area contributed by atoms with Crippen LogP contribution in [0.1, 0.15) is 47.0 Å². The third-order valence-corrected chi connectivity index (χ3v) is 6.12. The van der Waals surface area contributed by atoms with Crippen molar-refractivity contribution in [3.8, 4) is 0 Å². The molecule has 17 nitrogen and oxygen atoms in total. The highest BCUT2D eigenvalue weighted by Gasteiger charge is 2.34. The van der Waals surface area contributed by atoms with Crippen molar-refractivity contribution in [1.29, 1.82) is 0 Å². The highest BCUT2D eigenvalue weighted by atomic mass is 32.1. The zero-order chi connectivity index (χ0) is 32.7. The van der Waals surface area contributed by atoms with Gasteiger partial charge in [0.05, 0.1) is 19.0 Å². The summed E-state index contributed by atoms with van der Waals surface area (Å²) in [6, 6.07) is -6.76. The maximum atomic E-state index is 13.1. The molecule has 5 atom stereocenters. The quantitative estimate of drug-likeness (QED) is 0.0648. The standard InChI is InChI=1S/C24H40N6O11S/c1-10(2)18(22(38)26-8-15(31)27-14(9-42)24(40)41)30-23(39)19(11(3)4)29-21(37)13(7-17(34)35)28-20(36)12(25)5-6-16(32)33/h10-14,18-19,42H,5-9,25H2,1-4H3,(H,26,38)(H,27,31)(H,28,36)(H,29,37)(H,30,39)(H,32,33)(H,34,35)(H,40,41)/t12-,13-,14-,18-,19-/m0/s1. The van der Waals surface area contributed by atoms with Crippen molar-refractivity contribution in [2.75, 3.05) is 12.3 Å². The minimum atomic E-state index is -1.66. The van der Waals surface area contributed by atoms with Gasteiger partial charge in [-0.25, -0.2) is 4.79 Å². The van der Waals surface area contributed by atoms with Gasteiger partial charge in [0.1, 0.15) is 24.2 Å². The van der Waals surface area contributed by atoms with E-state index in [1.807, 2.05) is 0 Å². The Balaban J connectivity index is 5.52. The fourth-order valence-corrected chi connectivity index (χ4v) is 3.60. The first-order valence-electron chi connectivity index (χ1n) is 12.9. The lowest BCUT2D eigenvalue weighted by Crippen LogP contribution is -2.60. The second kappa shape index (κ2) is 18.5. The lowest BCUT2D eigenvalue weighted by molar-refractivity contribution is -0.142. The molecule has 0 aromatic rings. The van der Waals surface area contributed by atoms with E-state index in [0.29, 0.717) is 0 Å². The number of amides is 5. The highest BCUT2D eigenvalue weighted by molar-refractivity contribution is 7.80. The third kappa shape index (κ3) is 14.1. The molecule has 10 N–H and O–H groups in total. The number of carboxylic acids is 3. The minimum absolute atomic E-state index is 0.184. The molecule has 0 aliphatic heterocycles. The summed E-state index contributed by atoms with van der Waals surface area (Å²) in [5.41, 5.74) is 5.63. The van der Waals surface area contributed by atoms with Gasteiger partial charge in [0.25, 0.3) is 0 Å². The van der Waals surface area contributed by atoms with Crippen molar-refractivity contribution in [1.82, 2.24) is 26.6 Å². The smallest absolute Gasteiger partial charge is 0.327 e. The van der Waals surface area contributed by atoms with Gasteiger partial charge in [0.2, 0.25) is 29.5 Å². The van der Waals surface area contributed by atoms with E-state index in [-0.39, 0.29) is 12.2 Å². The number of rotatable bonds is 19. The predicted octanol–water partition coefficient (Wildman–Crippen LogP) is -2.96. The highest BCUT2D eigenvalue weighted by Crippen LogP contribution is 2.08. The molecule has 0 aromatic carbocycles. The van der Waals surface area contributed by atoms with Crippen molar-refractivity contribution in [2.24, 2.45) is 17.6 Å². The largest absolute Gasteiger partial charge is 0.481 e. The Labute approximate surface area is 247 Å². The van der Waals surface area contributed by atoms with Crippen molar-refractivity contribution < 1.29 is 53.7 Å². The van der Waals surface area contributed by atoms with E-state index in [1.165, 1.54) is 0 Å². The number of hydrogen-bond acceptors (Lipinski definition) is 10. The summed E-state index contributed by atoms with van der Waals surface area (Å²) in [5, 5.41) is 38.4. The molecule has 0 bridgehead atoms. The first-order chi connectivity index (χ1) is 19.4. The molecule has 0 saturated carbocycles. The molecule has 0 heterocycles. The van der Waals surface area contributed by atoms with Gasteiger partial charge in [-0.05, 0) is 18.3 Å². The summed E-state index contributed by atoms with van der Waals surface area (Å²) in [5.74, 6) is -9.65. The maximum Gasteiger partial charge on any atom is 0.327 e. The topological polar surface area (TPSA) is 283 Å². The summed E-state index contributed by atoms with van der Waals surface area (Å²) >= 11 is 3.83. The minimum Gasteiger partial charge on any atom is -0.481 e. The Morgan fingerprint density at radius 1 is 0.690 bits per heavy atom. The lowest BCUT2D eigenvalue weighted by atomic mass is 9.99. The van der Waals surface area contributed by atoms with Gasteiger partial charge < -0.3 is 47.6 Å². The van der Waals surface area contributed by atoms with E-state index in [9.17, 15) is 43.5 Å². The zero-order valence-corrected chi connectivity index (χ0v) is 24.6. The Hall–Kier alpha value is -3.93. The van der Waals surface area contributed by atoms with Crippen LogP contribution in [0.3, 0.4) is 0 Å². The van der Waals surface area contributed by atoms with Crippen LogP contribution in [0.4, 0.5) is 0 Å². The molecular weight excluding hydrogens is 580 g/mol. The lowest BCUT2D eigenvalue weighted by Gasteiger charge is -2.28. The molecule has 0 aromatic heterocycles. The van der Waals surface area contributed by atoms with Gasteiger partial charge in [-0.15, -0.1) is 0 Å². The van der Waals surface area contributed by atoms with Crippen LogP contribution in [0, 0.1) is 11.8 Å². The first-order valence-corrected chi connectivity index (χ1v) is 13.5. The number of thiol groups is 1. The van der Waals surface area contributed by atoms with Gasteiger partial charge in [0.15, 0.2) is 0 Å². The summed E-state index contributed by atoms with van der Waals surface area (Å²) < 4.78 is 0. The van der Waals surface area contributed by atoms with E-state index in [2.05, 4.69) is 39.2 Å². The maximum absolute atomic E-state index is 13.1. The Kier molecular flexibility index (Phi) is 16.8. The predicted molar refractivity (Wildman–Crippen MR) is 149 cm³/mol. The third-order valence-electron chi connectivity index (χ3n) is 5.75. The van der Waals surface area contributed by atoms with Crippen LogP contribution >= 0.6 is 12.6 Å². The second-order valence-electron chi connectivity index (χ2n) is 10.0. The summed E-state index contributed by atoms with van der Waals surface area (Å²) in [4.78, 5) is 96.2. The van der Waals surface area contributed by atoms with Gasteiger partial charge in [0, 0.05) is 12.2 Å². The first kappa shape index (κ1) is 38.1. The fraction of sp³-hybridized carbons (Fsp3) is 0.667. The molecule has 18 heteroatoms. The summed E-state index contributed by atoms with van der Waals surface area (Å²) in [6.45, 7) is 5.73. The van der Waals surface area contributed by atoms with Crippen molar-refractivity contribution in [3.05, 3.63) is 0 Å². The normalized spacial score (nSPS) is 14.5. The molecule has 0 radical (unpaired) electrons. The number of aliphatic carboxylic acids is 3. The van der Waals surface area contributed by atoms with E-state index in [1.54, 1.807) is 27.7 Å². The molecule has 0 rings (SSSR count). The monoisotopic (exact) mass is 620 g/mol. The van der Waals surface area contributed by atoms with Crippen LogP contribution in [0.25, 0.3) is 0 Å². The van der Waals surface area contributed by atoms with Crippen LogP contribution in [-0.4, -0.2) is 105 Å². The Morgan fingerprint density at radius 2 is 1.21 bits per heavy atom. The number of carboxylic acid groups (broad SMARTS) is 3. The molecule has 0 spiro atoms. The number of nitrogens with two attached hydrogens (primary N) is 1. The molecule has 0 fully saturated rings. The fourth-order valence-electron chi connectivity index (χ4n) is 3.35. The Bertz CT molecular complexity index is 1020. The average Bonchev–Trinajstić information content (AvgIpc) is 2.88. The molecule has 5 amide bonds. The van der Waals surface area contributed by atoms with Crippen LogP contribution in [0.5, 0.6) is 0 Å². The van der Waals surface area contributed by atoms with Gasteiger partial charge >= 0.3 is 17.9 Å². The molecule has 0 aliphatic carbocycles. The van der Waals surface area contributed by atoms with Gasteiger partial charge in [-0.1, -0.05) is 27.7 Å². The van der Waals surface area contributed by atoms with E-state index in [0.717, 1.165) is 0 Å². The van der Waals surface area contributed by atoms with Crippen molar-refractivity contribution in [2.45, 2.75) is 77.2 Å². The van der Waals surface area contributed by atoms with Crippen molar-refractivity contribution in [3.63, 3.8) is 0 Å². The second-order valence-corrected chi connectivity index (χ2v) is 10.4. The van der Waals surface area contributed by atoms with E-state index < -0.39 is 109 Å². The van der Waals surface area contributed by atoms with E-state index >= 15 is 0 Å². The number of nitrogens with one attached hydrogen (secondary N) is 5. The molecule has 0 saturated heterocycles. The average molecular weight is 621 g/mol. The number of hydrogen-bond donors (Lipinski definition) is 10. The molecule has 42 heavy (non-hydrogen) atoms. The van der Waals surface area contributed by atoms with Crippen LogP contribution in [0.15, 0.2) is 0 Å². The van der Waals surface area contributed by atoms with E-state index in [4.69, 9.17) is 15.9 Å². The SMILES string of the molecule is CC(C)[C@H](NC(=O)[C@H](CC(=O)O)NC(=O)[C@@H](N)CCC(=O)O)C(=O)N[C@H](C(=O)NCC(=O)N[C@@H](CS)C(=O)O)C(C)C. The molecular formula is C24H40N6O11S. The molecule has 238 valence electrons. The summed E-state index contributed by atoms with van der Waals surface area (Å²) in [6.07, 6.45) is -1.58. The Morgan fingerprint density at radius 3 is 1.67 bits per heavy atom. The molecule has 0 aliphatic rings.